The van der Waals surface area contributed by atoms with Crippen molar-refractivity contribution in [3.05, 3.63) is 0 Å². The van der Waals surface area contributed by atoms with Crippen molar-refractivity contribution in [3.63, 3.8) is 0 Å². The first-order valence-electron chi connectivity index (χ1n) is 2.46. The SMILES string of the molecule is O=S(=O)(Cl)O[O-].O=S(=O)(Cl)O[O-].O=S(=O)(Cl)O[O-].[Al+3]. The Labute approximate surface area is 131 Å². The van der Waals surface area contributed by atoms with Gasteiger partial charge in [0.25, 0.3) is 0 Å². The van der Waals surface area contributed by atoms with Gasteiger partial charge in [-0.3, -0.25) is 0 Å². The second kappa shape index (κ2) is 12.7. The summed E-state index contributed by atoms with van der Waals surface area (Å²) >= 11 is 0. The standard InChI is InChI=1S/Al.3ClHO4S/c;3*1-6(3,4)5-2/h;3*2H/q+3;;;/p-3. The van der Waals surface area contributed by atoms with Crippen molar-refractivity contribution in [2.75, 3.05) is 0 Å². The first-order valence-corrected chi connectivity index (χ1v) is 9.17. The average Bonchev–Trinajstić information content (AvgIpc) is 2.16. The van der Waals surface area contributed by atoms with Gasteiger partial charge >= 0.3 is 45.4 Å². The van der Waals surface area contributed by atoms with Gasteiger partial charge in [0, 0.05) is 32.0 Å². The molecule has 0 spiro atoms. The average molecular weight is 422 g/mol. The largest absolute Gasteiger partial charge is 3.00 e. The fraction of sp³-hybridized carbons (Fsp3) is 0. The number of halogens is 3. The van der Waals surface area contributed by atoms with E-state index >= 15 is 0 Å². The maximum absolute atomic E-state index is 9.23. The summed E-state index contributed by atoms with van der Waals surface area (Å²) in [6, 6.07) is 0. The zero-order valence-electron chi connectivity index (χ0n) is 7.83. The molecule has 0 rings (SSSR count). The van der Waals surface area contributed by atoms with Crippen molar-refractivity contribution in [2.24, 2.45) is 0 Å². The molecule has 114 valence electrons. The molecule has 0 aromatic rings. The Balaban J connectivity index is -0.0000000865. The third-order valence-electron chi connectivity index (χ3n) is 0.244. The summed E-state index contributed by atoms with van der Waals surface area (Å²) in [6.07, 6.45) is 0. The predicted molar refractivity (Wildman–Crippen MR) is 53.3 cm³/mol. The molecule has 0 aromatic heterocycles. The van der Waals surface area contributed by atoms with Crippen LogP contribution in [0.2, 0.25) is 0 Å². The van der Waals surface area contributed by atoms with Crippen LogP contribution >= 0.6 is 32.0 Å². The van der Waals surface area contributed by atoms with Crippen LogP contribution < -0.4 is 15.8 Å². The van der Waals surface area contributed by atoms with Gasteiger partial charge in [0.05, 0.1) is 0 Å². The van der Waals surface area contributed by atoms with Gasteiger partial charge in [-0.1, -0.05) is 0 Å². The van der Waals surface area contributed by atoms with Gasteiger partial charge in [-0.25, -0.2) is 0 Å². The maximum Gasteiger partial charge on any atom is 3.00 e. The molecule has 0 aliphatic heterocycles. The van der Waals surface area contributed by atoms with E-state index in [0.29, 0.717) is 0 Å². The first-order chi connectivity index (χ1) is 7.68. The fourth-order valence-corrected chi connectivity index (χ4v) is 0. The molecular weight excluding hydrogens is 422 g/mol. The molecule has 0 unspecified atom stereocenters. The van der Waals surface area contributed by atoms with Crippen LogP contribution in [0.3, 0.4) is 0 Å². The minimum Gasteiger partial charge on any atom is -0.706 e. The van der Waals surface area contributed by atoms with E-state index in [1.807, 2.05) is 0 Å². The van der Waals surface area contributed by atoms with Crippen molar-refractivity contribution >= 4 is 77.4 Å². The molecule has 0 aliphatic carbocycles. The third-order valence-corrected chi connectivity index (χ3v) is 1.19. The molecule has 0 atom stereocenters. The van der Waals surface area contributed by atoms with E-state index in [4.69, 9.17) is 15.8 Å². The fourth-order valence-electron chi connectivity index (χ4n) is 0. The van der Waals surface area contributed by atoms with Gasteiger partial charge in [0.2, 0.25) is 0 Å². The van der Waals surface area contributed by atoms with Crippen LogP contribution in [-0.2, 0) is 41.0 Å². The van der Waals surface area contributed by atoms with E-state index < -0.39 is 28.0 Å². The Bertz CT molecular complexity index is 410. The maximum atomic E-state index is 9.23. The van der Waals surface area contributed by atoms with Gasteiger partial charge in [-0.15, -0.1) is 0 Å². The van der Waals surface area contributed by atoms with Crippen LogP contribution in [0.5, 0.6) is 0 Å². The summed E-state index contributed by atoms with van der Waals surface area (Å²) in [5, 5.41) is 26.2. The molecule has 0 N–H and O–H groups in total. The van der Waals surface area contributed by atoms with E-state index in [9.17, 15) is 25.3 Å². The van der Waals surface area contributed by atoms with E-state index in [-0.39, 0.29) is 17.4 Å². The van der Waals surface area contributed by atoms with Gasteiger partial charge in [0.1, 0.15) is 0 Å². The minimum absolute atomic E-state index is 0. The van der Waals surface area contributed by atoms with Crippen LogP contribution in [0.4, 0.5) is 0 Å². The van der Waals surface area contributed by atoms with E-state index in [1.54, 1.807) is 0 Å². The Morgan fingerprint density at radius 2 is 0.632 bits per heavy atom. The van der Waals surface area contributed by atoms with Gasteiger partial charge < -0.3 is 28.8 Å². The molecule has 0 aromatic carbocycles. The third kappa shape index (κ3) is 54.9. The van der Waals surface area contributed by atoms with Crippen LogP contribution in [0.1, 0.15) is 0 Å². The summed E-state index contributed by atoms with van der Waals surface area (Å²) in [7, 11) is -0.271. The van der Waals surface area contributed by atoms with Crippen molar-refractivity contribution in [1.82, 2.24) is 0 Å². The van der Waals surface area contributed by atoms with Crippen molar-refractivity contribution in [3.8, 4) is 0 Å². The molecule has 19 heavy (non-hydrogen) atoms. The van der Waals surface area contributed by atoms with Gasteiger partial charge in [-0.05, 0) is 0 Å². The summed E-state index contributed by atoms with van der Waals surface area (Å²) in [5.74, 6) is 0. The Morgan fingerprint density at radius 3 is 0.632 bits per heavy atom. The van der Waals surface area contributed by atoms with Crippen LogP contribution in [0.15, 0.2) is 0 Å². The Morgan fingerprint density at radius 1 is 0.579 bits per heavy atom. The molecule has 0 saturated heterocycles. The van der Waals surface area contributed by atoms with E-state index in [1.165, 1.54) is 0 Å². The van der Waals surface area contributed by atoms with Crippen LogP contribution in [0.25, 0.3) is 0 Å². The normalized spacial score (nSPS) is 11.1. The second-order valence-corrected chi connectivity index (χ2v) is 7.55. The number of rotatable bonds is 3. The number of hydrogen-bond acceptors (Lipinski definition) is 12. The topological polar surface area (TPSA) is 199 Å². The van der Waals surface area contributed by atoms with Crippen LogP contribution in [0, 0.1) is 0 Å². The summed E-state index contributed by atoms with van der Waals surface area (Å²) < 4.78 is 62.7. The van der Waals surface area contributed by atoms with Crippen molar-refractivity contribution in [1.29, 1.82) is 0 Å². The molecule has 12 nitrogen and oxygen atoms in total. The number of hydrogen-bond donors (Lipinski definition) is 0. The first kappa shape index (κ1) is 28.2. The van der Waals surface area contributed by atoms with Crippen LogP contribution in [-0.4, -0.2) is 42.6 Å². The molecule has 19 heteroatoms. The van der Waals surface area contributed by atoms with E-state index in [2.05, 4.69) is 45.0 Å². The molecule has 0 aliphatic rings. The van der Waals surface area contributed by atoms with E-state index in [0.717, 1.165) is 0 Å². The summed E-state index contributed by atoms with van der Waals surface area (Å²) in [5.41, 5.74) is 0. The molecule has 0 bridgehead atoms. The monoisotopic (exact) mass is 420 g/mol. The van der Waals surface area contributed by atoms with Gasteiger partial charge in [-0.2, -0.15) is 25.3 Å². The summed E-state index contributed by atoms with van der Waals surface area (Å²) in [6.45, 7) is 0. The van der Waals surface area contributed by atoms with Crippen molar-refractivity contribution < 1.29 is 54.0 Å². The zero-order chi connectivity index (χ0) is 15.6. The Hall–Kier alpha value is 1.01. The molecule has 0 saturated carbocycles. The molecule has 0 radical (unpaired) electrons. The van der Waals surface area contributed by atoms with Gasteiger partial charge in [0.15, 0.2) is 0 Å². The Kier molecular flexibility index (Phi) is 18.9. The zero-order valence-corrected chi connectivity index (χ0v) is 13.7. The minimum atomic E-state index is -4.25. The predicted octanol–water partition coefficient (Wildman–Crippen LogP) is -4.10. The molecule has 0 fully saturated rings. The molecule has 0 heterocycles. The quantitative estimate of drug-likeness (QED) is 0.185. The summed E-state index contributed by atoms with van der Waals surface area (Å²) in [4.78, 5) is 0. The smallest absolute Gasteiger partial charge is 0.706 e. The molecular formula is AlCl3O12S3. The second-order valence-electron chi connectivity index (χ2n) is 1.38. The molecule has 0 amide bonds. The van der Waals surface area contributed by atoms with Crippen molar-refractivity contribution in [2.45, 2.75) is 0 Å².